The predicted molar refractivity (Wildman–Crippen MR) is 48.3 cm³/mol. The summed E-state index contributed by atoms with van der Waals surface area (Å²) in [5.74, 6) is 0.920. The maximum absolute atomic E-state index is 10.7. The summed E-state index contributed by atoms with van der Waals surface area (Å²) in [6, 6.07) is 0. The first kappa shape index (κ1) is 9.86. The number of esters is 1. The van der Waals surface area contributed by atoms with Gasteiger partial charge in [0.05, 0.1) is 25.6 Å². The maximum atomic E-state index is 10.7. The van der Waals surface area contributed by atoms with Gasteiger partial charge in [0.1, 0.15) is 0 Å². The largest absolute Gasteiger partial charge is 0.469 e. The summed E-state index contributed by atoms with van der Waals surface area (Å²) in [6.07, 6.45) is 1.45. The van der Waals surface area contributed by atoms with Crippen molar-refractivity contribution in [2.45, 2.75) is 18.1 Å². The van der Waals surface area contributed by atoms with Crippen molar-refractivity contribution in [2.24, 2.45) is 0 Å². The Hall–Kier alpha value is -0.220. The van der Waals surface area contributed by atoms with E-state index in [1.54, 1.807) is 0 Å². The van der Waals surface area contributed by atoms with Crippen molar-refractivity contribution in [3.8, 4) is 0 Å². The fourth-order valence-electron chi connectivity index (χ4n) is 0.879. The van der Waals surface area contributed by atoms with Crippen molar-refractivity contribution in [1.82, 2.24) is 0 Å². The first-order valence-electron chi connectivity index (χ1n) is 4.09. The molecule has 3 nitrogen and oxygen atoms in total. The van der Waals surface area contributed by atoms with Crippen LogP contribution in [0.2, 0.25) is 0 Å². The van der Waals surface area contributed by atoms with Crippen LogP contribution in [-0.4, -0.2) is 37.3 Å². The van der Waals surface area contributed by atoms with E-state index >= 15 is 0 Å². The number of methoxy groups -OCH3 is 1. The summed E-state index contributed by atoms with van der Waals surface area (Å²) in [6.45, 7) is 1.76. The topological polar surface area (TPSA) is 35.5 Å². The van der Waals surface area contributed by atoms with E-state index in [1.165, 1.54) is 7.11 Å². The Labute approximate surface area is 76.8 Å². The zero-order chi connectivity index (χ0) is 8.81. The van der Waals surface area contributed by atoms with Crippen molar-refractivity contribution in [3.05, 3.63) is 0 Å². The van der Waals surface area contributed by atoms with Crippen LogP contribution >= 0.6 is 11.8 Å². The van der Waals surface area contributed by atoms with Gasteiger partial charge in [0, 0.05) is 6.42 Å². The second-order valence-corrected chi connectivity index (χ2v) is 4.12. The lowest BCUT2D eigenvalue weighted by Crippen LogP contribution is -2.30. The van der Waals surface area contributed by atoms with Crippen LogP contribution in [0.1, 0.15) is 12.8 Å². The van der Waals surface area contributed by atoms with Gasteiger partial charge in [-0.25, -0.2) is 0 Å². The molecule has 1 saturated heterocycles. The van der Waals surface area contributed by atoms with Gasteiger partial charge in [0.25, 0.3) is 0 Å². The summed E-state index contributed by atoms with van der Waals surface area (Å²) < 4.78 is 9.55. The zero-order valence-corrected chi connectivity index (χ0v) is 8.06. The highest BCUT2D eigenvalue weighted by Crippen LogP contribution is 2.19. The minimum Gasteiger partial charge on any atom is -0.469 e. The molecule has 0 atom stereocenters. The molecular formula is C8H14O3S. The summed E-state index contributed by atoms with van der Waals surface area (Å²) >= 11 is 1.88. The minimum absolute atomic E-state index is 0.111. The summed E-state index contributed by atoms with van der Waals surface area (Å²) in [7, 11) is 1.43. The van der Waals surface area contributed by atoms with E-state index in [2.05, 4.69) is 4.74 Å². The van der Waals surface area contributed by atoms with Crippen molar-refractivity contribution in [3.63, 3.8) is 0 Å². The lowest BCUT2D eigenvalue weighted by atomic mass is 10.3. The molecule has 0 bridgehead atoms. The Bertz CT molecular complexity index is 145. The Balaban J connectivity index is 1.85. The number of ether oxygens (including phenoxy) is 2. The first-order chi connectivity index (χ1) is 5.83. The van der Waals surface area contributed by atoms with Crippen molar-refractivity contribution >= 4 is 17.7 Å². The van der Waals surface area contributed by atoms with E-state index < -0.39 is 0 Å². The van der Waals surface area contributed by atoms with Crippen molar-refractivity contribution in [2.75, 3.05) is 26.1 Å². The van der Waals surface area contributed by atoms with Gasteiger partial charge in [-0.05, 0) is 12.2 Å². The summed E-state index contributed by atoms with van der Waals surface area (Å²) in [4.78, 5) is 10.7. The molecule has 0 unspecified atom stereocenters. The third-order valence-electron chi connectivity index (χ3n) is 1.71. The van der Waals surface area contributed by atoms with E-state index in [0.717, 1.165) is 25.4 Å². The lowest BCUT2D eigenvalue weighted by Gasteiger charge is -2.24. The van der Waals surface area contributed by atoms with Gasteiger partial charge < -0.3 is 9.47 Å². The quantitative estimate of drug-likeness (QED) is 0.480. The second kappa shape index (κ2) is 5.43. The number of rotatable bonds is 5. The molecular weight excluding hydrogens is 176 g/mol. The van der Waals surface area contributed by atoms with Gasteiger partial charge in [0.2, 0.25) is 0 Å². The number of thioether (sulfide) groups is 1. The highest BCUT2D eigenvalue weighted by atomic mass is 32.2. The average molecular weight is 190 g/mol. The molecule has 0 aliphatic carbocycles. The third kappa shape index (κ3) is 3.45. The lowest BCUT2D eigenvalue weighted by molar-refractivity contribution is -0.140. The molecule has 0 radical (unpaired) electrons. The van der Waals surface area contributed by atoms with Crippen molar-refractivity contribution in [1.29, 1.82) is 0 Å². The molecule has 0 saturated carbocycles. The molecule has 1 heterocycles. The Morgan fingerprint density at radius 3 is 2.92 bits per heavy atom. The molecule has 0 aromatic rings. The van der Waals surface area contributed by atoms with E-state index in [1.807, 2.05) is 11.8 Å². The van der Waals surface area contributed by atoms with E-state index in [-0.39, 0.29) is 5.97 Å². The zero-order valence-electron chi connectivity index (χ0n) is 7.25. The van der Waals surface area contributed by atoms with Gasteiger partial charge in [0.15, 0.2) is 0 Å². The van der Waals surface area contributed by atoms with E-state index in [0.29, 0.717) is 11.7 Å². The maximum Gasteiger partial charge on any atom is 0.305 e. The van der Waals surface area contributed by atoms with E-state index in [9.17, 15) is 4.79 Å². The molecule has 1 aliphatic heterocycles. The van der Waals surface area contributed by atoms with Crippen LogP contribution in [0.25, 0.3) is 0 Å². The van der Waals surface area contributed by atoms with Gasteiger partial charge in [-0.1, -0.05) is 0 Å². The molecule has 0 aromatic heterocycles. The molecule has 0 aromatic carbocycles. The average Bonchev–Trinajstić information content (AvgIpc) is 2.00. The molecule has 1 fully saturated rings. The molecule has 4 heteroatoms. The predicted octanol–water partition coefficient (Wildman–Crippen LogP) is 1.07. The van der Waals surface area contributed by atoms with Gasteiger partial charge >= 0.3 is 5.97 Å². The van der Waals surface area contributed by atoms with E-state index in [4.69, 9.17) is 4.74 Å². The van der Waals surface area contributed by atoms with Crippen LogP contribution in [0.5, 0.6) is 0 Å². The standard InChI is InChI=1S/C8H14O3S/c1-10-8(9)3-2-4-12-7-5-11-6-7/h7H,2-6H2,1H3. The monoisotopic (exact) mass is 190 g/mol. The van der Waals surface area contributed by atoms with Crippen LogP contribution in [-0.2, 0) is 14.3 Å². The number of hydrogen-bond donors (Lipinski definition) is 0. The Morgan fingerprint density at radius 1 is 1.67 bits per heavy atom. The smallest absolute Gasteiger partial charge is 0.305 e. The number of carbonyl (C=O) groups is 1. The molecule has 12 heavy (non-hydrogen) atoms. The second-order valence-electron chi connectivity index (χ2n) is 2.71. The number of hydrogen-bond acceptors (Lipinski definition) is 4. The van der Waals surface area contributed by atoms with Crippen LogP contribution in [0.3, 0.4) is 0 Å². The highest BCUT2D eigenvalue weighted by Gasteiger charge is 2.17. The fourth-order valence-corrected chi connectivity index (χ4v) is 1.91. The molecule has 70 valence electrons. The SMILES string of the molecule is COC(=O)CCCSC1COC1. The fraction of sp³-hybridized carbons (Fsp3) is 0.875. The van der Waals surface area contributed by atoms with Gasteiger partial charge in [-0.15, -0.1) is 0 Å². The highest BCUT2D eigenvalue weighted by molar-refractivity contribution is 8.00. The number of carbonyl (C=O) groups excluding carboxylic acids is 1. The first-order valence-corrected chi connectivity index (χ1v) is 5.14. The van der Waals surface area contributed by atoms with Crippen LogP contribution in [0.15, 0.2) is 0 Å². The molecule has 0 amide bonds. The normalized spacial score (nSPS) is 17.1. The third-order valence-corrected chi connectivity index (χ3v) is 2.98. The van der Waals surface area contributed by atoms with Crippen LogP contribution in [0.4, 0.5) is 0 Å². The molecule has 1 rings (SSSR count). The summed E-state index contributed by atoms with van der Waals surface area (Å²) in [5, 5.41) is 0.669. The van der Waals surface area contributed by atoms with Crippen molar-refractivity contribution < 1.29 is 14.3 Å². The minimum atomic E-state index is -0.111. The van der Waals surface area contributed by atoms with Crippen LogP contribution in [0, 0.1) is 0 Å². The Kier molecular flexibility index (Phi) is 4.46. The Morgan fingerprint density at radius 2 is 2.42 bits per heavy atom. The van der Waals surface area contributed by atoms with Crippen LogP contribution < -0.4 is 0 Å². The van der Waals surface area contributed by atoms with Gasteiger partial charge in [-0.2, -0.15) is 11.8 Å². The van der Waals surface area contributed by atoms with Gasteiger partial charge in [-0.3, -0.25) is 4.79 Å². The molecule has 0 N–H and O–H groups in total. The molecule has 0 spiro atoms. The summed E-state index contributed by atoms with van der Waals surface area (Å²) in [5.41, 5.74) is 0. The molecule has 1 aliphatic rings.